The van der Waals surface area contributed by atoms with Gasteiger partial charge in [0.25, 0.3) is 5.91 Å². The molecule has 6 heteroatoms. The topological polar surface area (TPSA) is 43.6 Å². The number of nitrogens with zero attached hydrogens (tertiary/aromatic N) is 2. The van der Waals surface area contributed by atoms with Gasteiger partial charge in [0.15, 0.2) is 4.80 Å². The van der Waals surface area contributed by atoms with Crippen LogP contribution < -0.4 is 9.54 Å². The van der Waals surface area contributed by atoms with E-state index in [-0.39, 0.29) is 5.91 Å². The van der Waals surface area contributed by atoms with E-state index in [2.05, 4.69) is 42.5 Å². The van der Waals surface area contributed by atoms with Gasteiger partial charge >= 0.3 is 0 Å². The van der Waals surface area contributed by atoms with Crippen molar-refractivity contribution in [1.82, 2.24) is 4.57 Å². The number of thiazole rings is 1. The summed E-state index contributed by atoms with van der Waals surface area (Å²) in [6, 6.07) is 12.2. The fraction of sp³-hybridized carbons (Fsp3) is 0.333. The van der Waals surface area contributed by atoms with Crippen LogP contribution in [0.25, 0.3) is 10.2 Å². The maximum Gasteiger partial charge on any atom is 0.258 e. The number of ether oxygens (including phenoxy) is 1. The summed E-state index contributed by atoms with van der Waals surface area (Å²) in [5.74, 6) is 1.04. The summed E-state index contributed by atoms with van der Waals surface area (Å²) in [6.45, 7) is 7.06. The van der Waals surface area contributed by atoms with Crippen molar-refractivity contribution in [3.8, 4) is 5.75 Å². The van der Waals surface area contributed by atoms with E-state index in [9.17, 15) is 4.79 Å². The highest BCUT2D eigenvalue weighted by Gasteiger charge is 2.14. The van der Waals surface area contributed by atoms with Crippen LogP contribution in [0, 0.1) is 13.8 Å². The van der Waals surface area contributed by atoms with Crippen molar-refractivity contribution >= 4 is 39.2 Å². The molecule has 2 aromatic carbocycles. The Morgan fingerprint density at radius 3 is 2.59 bits per heavy atom. The van der Waals surface area contributed by atoms with E-state index < -0.39 is 0 Å². The van der Waals surface area contributed by atoms with E-state index in [1.165, 1.54) is 22.9 Å². The van der Waals surface area contributed by atoms with Crippen LogP contribution >= 0.6 is 23.1 Å². The number of carbonyl (C=O) groups is 1. The van der Waals surface area contributed by atoms with Crippen molar-refractivity contribution < 1.29 is 9.53 Å². The van der Waals surface area contributed by atoms with E-state index >= 15 is 0 Å². The average Bonchev–Trinajstić information content (AvgIpc) is 3.01. The van der Waals surface area contributed by atoms with Crippen LogP contribution in [-0.2, 0) is 11.3 Å². The SMILES string of the molecule is CCCn1c(=NC(=O)CSc2ccc(C)cc2)sc2c(C)ccc(OC)c21. The zero-order valence-corrected chi connectivity index (χ0v) is 17.7. The lowest BCUT2D eigenvalue weighted by Crippen LogP contribution is -2.17. The number of hydrogen-bond donors (Lipinski definition) is 0. The Labute approximate surface area is 167 Å². The number of carbonyl (C=O) groups excluding carboxylic acids is 1. The van der Waals surface area contributed by atoms with Crippen molar-refractivity contribution in [2.75, 3.05) is 12.9 Å². The third-order valence-corrected chi connectivity index (χ3v) is 6.47. The molecule has 3 rings (SSSR count). The summed E-state index contributed by atoms with van der Waals surface area (Å²) >= 11 is 3.08. The summed E-state index contributed by atoms with van der Waals surface area (Å²) in [4.78, 5) is 18.8. The number of benzene rings is 2. The molecular weight excluding hydrogens is 376 g/mol. The zero-order chi connectivity index (χ0) is 19.4. The molecule has 0 fully saturated rings. The van der Waals surface area contributed by atoms with E-state index in [0.29, 0.717) is 5.75 Å². The summed E-state index contributed by atoms with van der Waals surface area (Å²) in [5.41, 5.74) is 3.41. The minimum Gasteiger partial charge on any atom is -0.495 e. The second kappa shape index (κ2) is 8.76. The lowest BCUT2D eigenvalue weighted by atomic mass is 10.2. The van der Waals surface area contributed by atoms with Crippen molar-refractivity contribution in [2.45, 2.75) is 38.6 Å². The highest BCUT2D eigenvalue weighted by molar-refractivity contribution is 8.00. The predicted molar refractivity (Wildman–Crippen MR) is 114 cm³/mol. The van der Waals surface area contributed by atoms with Crippen molar-refractivity contribution in [3.63, 3.8) is 0 Å². The fourth-order valence-electron chi connectivity index (χ4n) is 2.88. The first kappa shape index (κ1) is 19.7. The van der Waals surface area contributed by atoms with Crippen LogP contribution in [0.15, 0.2) is 46.3 Å². The summed E-state index contributed by atoms with van der Waals surface area (Å²) < 4.78 is 8.79. The number of aromatic nitrogens is 1. The normalized spacial score (nSPS) is 11.9. The minimum absolute atomic E-state index is 0.117. The lowest BCUT2D eigenvalue weighted by molar-refractivity contribution is -0.115. The minimum atomic E-state index is -0.117. The largest absolute Gasteiger partial charge is 0.495 e. The average molecular weight is 401 g/mol. The molecular formula is C21H24N2O2S2. The van der Waals surface area contributed by atoms with Gasteiger partial charge in [-0.1, -0.05) is 42.0 Å². The fourth-order valence-corrected chi connectivity index (χ4v) is 4.72. The molecule has 0 radical (unpaired) electrons. The molecule has 0 saturated heterocycles. The van der Waals surface area contributed by atoms with Gasteiger partial charge in [0, 0.05) is 11.4 Å². The molecule has 3 aromatic rings. The van der Waals surface area contributed by atoms with Crippen molar-refractivity contribution in [1.29, 1.82) is 0 Å². The summed E-state index contributed by atoms with van der Waals surface area (Å²) in [6.07, 6.45) is 0.961. The maximum absolute atomic E-state index is 12.5. The van der Waals surface area contributed by atoms with E-state index in [0.717, 1.165) is 38.6 Å². The van der Waals surface area contributed by atoms with Crippen LogP contribution in [0.1, 0.15) is 24.5 Å². The molecule has 1 heterocycles. The number of methoxy groups -OCH3 is 1. The molecule has 0 atom stereocenters. The highest BCUT2D eigenvalue weighted by atomic mass is 32.2. The Morgan fingerprint density at radius 2 is 1.93 bits per heavy atom. The number of aryl methyl sites for hydroxylation is 3. The van der Waals surface area contributed by atoms with Gasteiger partial charge in [0.05, 0.1) is 17.6 Å². The van der Waals surface area contributed by atoms with Crippen LogP contribution in [0.3, 0.4) is 0 Å². The number of fused-ring (bicyclic) bond motifs is 1. The van der Waals surface area contributed by atoms with Gasteiger partial charge in [0.2, 0.25) is 0 Å². The summed E-state index contributed by atoms with van der Waals surface area (Å²) in [7, 11) is 1.68. The molecule has 4 nitrogen and oxygen atoms in total. The molecule has 142 valence electrons. The molecule has 0 saturated carbocycles. The van der Waals surface area contributed by atoms with E-state index in [4.69, 9.17) is 4.74 Å². The first-order valence-corrected chi connectivity index (χ1v) is 10.8. The first-order chi connectivity index (χ1) is 13.0. The first-order valence-electron chi connectivity index (χ1n) is 8.97. The smallest absolute Gasteiger partial charge is 0.258 e. The Morgan fingerprint density at radius 1 is 1.19 bits per heavy atom. The Balaban J connectivity index is 1.94. The number of thioether (sulfide) groups is 1. The van der Waals surface area contributed by atoms with E-state index in [1.807, 2.05) is 24.3 Å². The van der Waals surface area contributed by atoms with Gasteiger partial charge in [-0.2, -0.15) is 4.99 Å². The van der Waals surface area contributed by atoms with Crippen molar-refractivity contribution in [2.24, 2.45) is 4.99 Å². The van der Waals surface area contributed by atoms with Crippen LogP contribution in [0.2, 0.25) is 0 Å². The van der Waals surface area contributed by atoms with Gasteiger partial charge in [-0.25, -0.2) is 0 Å². The highest BCUT2D eigenvalue weighted by Crippen LogP contribution is 2.30. The molecule has 0 N–H and O–H groups in total. The third kappa shape index (κ3) is 4.45. The second-order valence-corrected chi connectivity index (χ2v) is 8.43. The van der Waals surface area contributed by atoms with Crippen LogP contribution in [0.5, 0.6) is 5.75 Å². The van der Waals surface area contributed by atoms with Gasteiger partial charge in [-0.15, -0.1) is 11.8 Å². The molecule has 0 aliphatic heterocycles. The molecule has 0 aliphatic rings. The summed E-state index contributed by atoms with van der Waals surface area (Å²) in [5, 5.41) is 0. The maximum atomic E-state index is 12.5. The van der Waals surface area contributed by atoms with Crippen molar-refractivity contribution in [3.05, 3.63) is 52.3 Å². The second-order valence-electron chi connectivity index (χ2n) is 6.41. The van der Waals surface area contributed by atoms with Gasteiger partial charge in [-0.3, -0.25) is 4.79 Å². The number of rotatable bonds is 6. The predicted octanol–water partition coefficient (Wildman–Crippen LogP) is 4.96. The molecule has 0 aliphatic carbocycles. The molecule has 1 aromatic heterocycles. The quantitative estimate of drug-likeness (QED) is 0.550. The van der Waals surface area contributed by atoms with Crippen LogP contribution in [0.4, 0.5) is 0 Å². The van der Waals surface area contributed by atoms with Gasteiger partial charge < -0.3 is 9.30 Å². The van der Waals surface area contributed by atoms with Gasteiger partial charge in [-0.05, 0) is 44.0 Å². The molecule has 0 spiro atoms. The van der Waals surface area contributed by atoms with Gasteiger partial charge in [0.1, 0.15) is 11.3 Å². The molecule has 1 amide bonds. The number of amides is 1. The Kier molecular flexibility index (Phi) is 6.39. The standard InChI is InChI=1S/C21H24N2O2S2/c1-5-12-23-19-17(25-4)11-8-15(3)20(19)27-21(23)22-18(24)13-26-16-9-6-14(2)7-10-16/h6-11H,5,12-13H2,1-4H3. The zero-order valence-electron chi connectivity index (χ0n) is 16.1. The van der Waals surface area contributed by atoms with E-state index in [1.54, 1.807) is 18.4 Å². The Bertz CT molecular complexity index is 1020. The number of hydrogen-bond acceptors (Lipinski definition) is 4. The lowest BCUT2D eigenvalue weighted by Gasteiger charge is -2.08. The van der Waals surface area contributed by atoms with Crippen LogP contribution in [-0.4, -0.2) is 23.3 Å². The monoisotopic (exact) mass is 400 g/mol. The molecule has 0 unspecified atom stereocenters. The Hall–Kier alpha value is -2.05. The molecule has 27 heavy (non-hydrogen) atoms. The third-order valence-electron chi connectivity index (χ3n) is 4.26. The molecule has 0 bridgehead atoms.